The number of hydrogen-bond donors (Lipinski definition) is 2. The molecule has 2 nitrogen and oxygen atoms in total. The number of rotatable bonds is 1. The average molecular weight is 169 g/mol. The molecule has 1 saturated carbocycles. The Kier molecular flexibility index (Phi) is 2.66. The van der Waals surface area contributed by atoms with Crippen molar-refractivity contribution in [2.24, 2.45) is 11.8 Å². The first-order chi connectivity index (χ1) is 5.92. The van der Waals surface area contributed by atoms with E-state index in [0.717, 1.165) is 18.5 Å². The summed E-state index contributed by atoms with van der Waals surface area (Å²) in [5.41, 5.74) is 0. The molecule has 2 rings (SSSR count). The van der Waals surface area contributed by atoms with Crippen LogP contribution in [-0.2, 0) is 0 Å². The van der Waals surface area contributed by atoms with Crippen LogP contribution in [0.2, 0.25) is 0 Å². The fourth-order valence-electron chi connectivity index (χ4n) is 2.87. The van der Waals surface area contributed by atoms with Crippen LogP contribution < -0.4 is 5.32 Å². The van der Waals surface area contributed by atoms with Gasteiger partial charge in [-0.25, -0.2) is 0 Å². The molecule has 70 valence electrons. The van der Waals surface area contributed by atoms with Gasteiger partial charge in [-0.3, -0.25) is 0 Å². The van der Waals surface area contributed by atoms with Crippen LogP contribution in [0.4, 0.5) is 0 Å². The quantitative estimate of drug-likeness (QED) is 0.617. The minimum absolute atomic E-state index is 0.406. The molecule has 1 aliphatic heterocycles. The standard InChI is InChI=1S/C10H19NO/c12-7-8-5-6-11-10-4-2-1-3-9(8)10/h8-12H,1-7H2. The first kappa shape index (κ1) is 8.52. The van der Waals surface area contributed by atoms with E-state index < -0.39 is 0 Å². The maximum Gasteiger partial charge on any atom is 0.0462 e. The Balaban J connectivity index is 1.99. The summed E-state index contributed by atoms with van der Waals surface area (Å²) in [6, 6.07) is 0.727. The van der Waals surface area contributed by atoms with Crippen molar-refractivity contribution in [2.45, 2.75) is 38.1 Å². The summed E-state index contributed by atoms with van der Waals surface area (Å²) in [5, 5.41) is 12.8. The third-order valence-corrected chi connectivity index (χ3v) is 3.58. The Labute approximate surface area is 74.4 Å². The molecular weight excluding hydrogens is 150 g/mol. The van der Waals surface area contributed by atoms with Gasteiger partial charge in [-0.15, -0.1) is 0 Å². The van der Waals surface area contributed by atoms with Crippen molar-refractivity contribution in [3.8, 4) is 0 Å². The lowest BCUT2D eigenvalue weighted by Gasteiger charge is -2.41. The van der Waals surface area contributed by atoms with Gasteiger partial charge < -0.3 is 10.4 Å². The Morgan fingerprint density at radius 1 is 1.17 bits per heavy atom. The molecule has 1 saturated heterocycles. The number of hydrogen-bond acceptors (Lipinski definition) is 2. The van der Waals surface area contributed by atoms with E-state index in [9.17, 15) is 5.11 Å². The van der Waals surface area contributed by atoms with Crippen LogP contribution in [0.1, 0.15) is 32.1 Å². The van der Waals surface area contributed by atoms with Crippen molar-refractivity contribution in [3.05, 3.63) is 0 Å². The summed E-state index contributed by atoms with van der Waals surface area (Å²) in [6.07, 6.45) is 6.60. The second kappa shape index (κ2) is 3.75. The van der Waals surface area contributed by atoms with Crippen LogP contribution in [0.25, 0.3) is 0 Å². The zero-order chi connectivity index (χ0) is 8.39. The summed E-state index contributed by atoms with van der Waals surface area (Å²) in [7, 11) is 0. The van der Waals surface area contributed by atoms with E-state index >= 15 is 0 Å². The van der Waals surface area contributed by atoms with Crippen molar-refractivity contribution in [1.29, 1.82) is 0 Å². The molecule has 1 aliphatic carbocycles. The summed E-state index contributed by atoms with van der Waals surface area (Å²) < 4.78 is 0. The van der Waals surface area contributed by atoms with Gasteiger partial charge in [-0.1, -0.05) is 12.8 Å². The number of aliphatic hydroxyl groups excluding tert-OH is 1. The van der Waals surface area contributed by atoms with Gasteiger partial charge in [-0.2, -0.15) is 0 Å². The Hall–Kier alpha value is -0.0800. The van der Waals surface area contributed by atoms with Crippen LogP contribution in [0.15, 0.2) is 0 Å². The van der Waals surface area contributed by atoms with Crippen LogP contribution in [0.3, 0.4) is 0 Å². The third-order valence-electron chi connectivity index (χ3n) is 3.58. The molecular formula is C10H19NO. The van der Waals surface area contributed by atoms with Crippen LogP contribution in [0, 0.1) is 11.8 Å². The van der Waals surface area contributed by atoms with Gasteiger partial charge in [0.2, 0.25) is 0 Å². The summed E-state index contributed by atoms with van der Waals surface area (Å²) in [4.78, 5) is 0. The number of nitrogens with one attached hydrogen (secondary N) is 1. The second-order valence-corrected chi connectivity index (χ2v) is 4.24. The molecule has 1 heterocycles. The van der Waals surface area contributed by atoms with Gasteiger partial charge in [0.25, 0.3) is 0 Å². The first-order valence-electron chi connectivity index (χ1n) is 5.26. The molecule has 0 aromatic carbocycles. The molecule has 3 unspecified atom stereocenters. The van der Waals surface area contributed by atoms with Gasteiger partial charge in [0.1, 0.15) is 0 Å². The maximum absolute atomic E-state index is 9.20. The van der Waals surface area contributed by atoms with Crippen LogP contribution in [0.5, 0.6) is 0 Å². The highest BCUT2D eigenvalue weighted by molar-refractivity contribution is 4.89. The molecule has 0 radical (unpaired) electrons. The minimum atomic E-state index is 0.406. The number of aliphatic hydroxyl groups is 1. The molecule has 2 aliphatic rings. The van der Waals surface area contributed by atoms with E-state index in [1.807, 2.05) is 0 Å². The lowest BCUT2D eigenvalue weighted by atomic mass is 9.73. The first-order valence-corrected chi connectivity index (χ1v) is 5.26. The van der Waals surface area contributed by atoms with E-state index in [4.69, 9.17) is 0 Å². The minimum Gasteiger partial charge on any atom is -0.396 e. The highest BCUT2D eigenvalue weighted by atomic mass is 16.3. The summed E-state index contributed by atoms with van der Waals surface area (Å²) in [6.45, 7) is 1.52. The van der Waals surface area contributed by atoms with E-state index in [2.05, 4.69) is 5.32 Å². The normalized spacial score (nSPS) is 42.2. The van der Waals surface area contributed by atoms with Crippen LogP contribution in [-0.4, -0.2) is 24.3 Å². The van der Waals surface area contributed by atoms with Crippen molar-refractivity contribution in [1.82, 2.24) is 5.32 Å². The molecule has 0 aromatic rings. The zero-order valence-electron chi connectivity index (χ0n) is 7.63. The van der Waals surface area contributed by atoms with Gasteiger partial charge in [0.05, 0.1) is 0 Å². The van der Waals surface area contributed by atoms with Crippen LogP contribution >= 0.6 is 0 Å². The lowest BCUT2D eigenvalue weighted by Crippen LogP contribution is -2.48. The topological polar surface area (TPSA) is 32.3 Å². The summed E-state index contributed by atoms with van der Waals surface area (Å²) >= 11 is 0. The third kappa shape index (κ3) is 1.50. The second-order valence-electron chi connectivity index (χ2n) is 4.24. The molecule has 0 spiro atoms. The average Bonchev–Trinajstić information content (AvgIpc) is 2.17. The lowest BCUT2D eigenvalue weighted by molar-refractivity contribution is 0.0853. The number of fused-ring (bicyclic) bond motifs is 1. The van der Waals surface area contributed by atoms with Crippen molar-refractivity contribution in [2.75, 3.05) is 13.2 Å². The predicted molar refractivity (Wildman–Crippen MR) is 48.9 cm³/mol. The molecule has 2 fully saturated rings. The molecule has 0 aromatic heterocycles. The van der Waals surface area contributed by atoms with Gasteiger partial charge in [-0.05, 0) is 37.6 Å². The van der Waals surface area contributed by atoms with Crippen molar-refractivity contribution < 1.29 is 5.11 Å². The fraction of sp³-hybridized carbons (Fsp3) is 1.00. The van der Waals surface area contributed by atoms with Crippen molar-refractivity contribution in [3.63, 3.8) is 0 Å². The smallest absolute Gasteiger partial charge is 0.0462 e. The Bertz CT molecular complexity index is 140. The van der Waals surface area contributed by atoms with Gasteiger partial charge >= 0.3 is 0 Å². The van der Waals surface area contributed by atoms with Crippen molar-refractivity contribution >= 4 is 0 Å². The fourth-order valence-corrected chi connectivity index (χ4v) is 2.87. The molecule has 12 heavy (non-hydrogen) atoms. The largest absolute Gasteiger partial charge is 0.396 e. The monoisotopic (exact) mass is 169 g/mol. The van der Waals surface area contributed by atoms with E-state index in [1.54, 1.807) is 0 Å². The SMILES string of the molecule is OCC1CCNC2CCCCC12. The Morgan fingerprint density at radius 3 is 2.83 bits per heavy atom. The number of piperidine rings is 1. The highest BCUT2D eigenvalue weighted by Crippen LogP contribution is 2.34. The van der Waals surface area contributed by atoms with Gasteiger partial charge in [0.15, 0.2) is 0 Å². The predicted octanol–water partition coefficient (Wildman–Crippen LogP) is 1.15. The maximum atomic E-state index is 9.20. The molecule has 0 bridgehead atoms. The van der Waals surface area contributed by atoms with E-state index in [1.165, 1.54) is 32.1 Å². The summed E-state index contributed by atoms with van der Waals surface area (Å²) in [5.74, 6) is 1.37. The molecule has 3 atom stereocenters. The molecule has 2 heteroatoms. The van der Waals surface area contributed by atoms with E-state index in [-0.39, 0.29) is 0 Å². The molecule has 0 amide bonds. The zero-order valence-corrected chi connectivity index (χ0v) is 7.63. The Morgan fingerprint density at radius 2 is 2.00 bits per heavy atom. The molecule has 2 N–H and O–H groups in total. The van der Waals surface area contributed by atoms with E-state index in [0.29, 0.717) is 12.5 Å². The highest BCUT2D eigenvalue weighted by Gasteiger charge is 2.33. The van der Waals surface area contributed by atoms with Gasteiger partial charge in [0, 0.05) is 12.6 Å².